The lowest BCUT2D eigenvalue weighted by Crippen LogP contribution is -2.55. The van der Waals surface area contributed by atoms with Gasteiger partial charge in [0.1, 0.15) is 5.69 Å². The van der Waals surface area contributed by atoms with E-state index in [2.05, 4.69) is 48.6 Å². The van der Waals surface area contributed by atoms with Gasteiger partial charge in [-0.15, -0.1) is 5.10 Å². The molecule has 0 aromatic carbocycles. The van der Waals surface area contributed by atoms with E-state index >= 15 is 0 Å². The normalized spacial score (nSPS) is 16.3. The zero-order chi connectivity index (χ0) is 16.5. The summed E-state index contributed by atoms with van der Waals surface area (Å²) in [6.45, 7) is 13.7. The number of likely N-dealkylation sites (tertiary alicyclic amines) is 1. The van der Waals surface area contributed by atoms with Crippen LogP contribution in [0.4, 0.5) is 4.79 Å². The maximum absolute atomic E-state index is 11.9. The molecule has 1 aliphatic rings. The number of hydrogen-bond acceptors (Lipinski definition) is 4. The SMILES string of the molecule is CC(C)NC(=O)N1CC(n2cc(C(C)(C)NC(C)C)nn2)C1. The average Bonchev–Trinajstić information content (AvgIpc) is 2.73. The van der Waals surface area contributed by atoms with Crippen LogP contribution in [0.5, 0.6) is 0 Å². The van der Waals surface area contributed by atoms with E-state index < -0.39 is 0 Å². The number of amides is 2. The number of carbonyl (C=O) groups is 1. The maximum Gasteiger partial charge on any atom is 0.317 e. The van der Waals surface area contributed by atoms with Gasteiger partial charge in [-0.05, 0) is 27.7 Å². The first kappa shape index (κ1) is 16.7. The summed E-state index contributed by atoms with van der Waals surface area (Å²) >= 11 is 0. The second-order valence-corrected chi connectivity index (χ2v) is 7.17. The van der Waals surface area contributed by atoms with E-state index in [4.69, 9.17) is 0 Å². The lowest BCUT2D eigenvalue weighted by molar-refractivity contribution is 0.116. The van der Waals surface area contributed by atoms with Crippen molar-refractivity contribution < 1.29 is 4.79 Å². The van der Waals surface area contributed by atoms with E-state index in [1.54, 1.807) is 4.90 Å². The van der Waals surface area contributed by atoms with Crippen molar-refractivity contribution in [2.75, 3.05) is 13.1 Å². The fraction of sp³-hybridized carbons (Fsp3) is 0.800. The highest BCUT2D eigenvalue weighted by molar-refractivity contribution is 5.75. The molecule has 0 spiro atoms. The summed E-state index contributed by atoms with van der Waals surface area (Å²) in [5.41, 5.74) is 0.705. The van der Waals surface area contributed by atoms with Crippen molar-refractivity contribution in [3.63, 3.8) is 0 Å². The summed E-state index contributed by atoms with van der Waals surface area (Å²) in [6, 6.07) is 0.744. The number of nitrogens with one attached hydrogen (secondary N) is 2. The van der Waals surface area contributed by atoms with Gasteiger partial charge in [-0.2, -0.15) is 0 Å². The van der Waals surface area contributed by atoms with Crippen molar-refractivity contribution in [2.24, 2.45) is 0 Å². The van der Waals surface area contributed by atoms with Gasteiger partial charge >= 0.3 is 6.03 Å². The van der Waals surface area contributed by atoms with Crippen molar-refractivity contribution >= 4 is 6.03 Å². The molecule has 2 N–H and O–H groups in total. The van der Waals surface area contributed by atoms with Crippen LogP contribution < -0.4 is 10.6 Å². The van der Waals surface area contributed by atoms with Crippen molar-refractivity contribution in [1.82, 2.24) is 30.5 Å². The molecule has 0 bridgehead atoms. The van der Waals surface area contributed by atoms with E-state index in [0.717, 1.165) is 5.69 Å². The third-order valence-corrected chi connectivity index (χ3v) is 3.74. The standard InChI is InChI=1S/C15H28N6O/c1-10(2)16-14(22)20-7-12(8-20)21-9-13(18-19-21)15(5,6)17-11(3)4/h9-12,17H,7-8H2,1-6H3,(H,16,22). The number of carbonyl (C=O) groups excluding carboxylic acids is 1. The topological polar surface area (TPSA) is 75.1 Å². The Balaban J connectivity index is 1.93. The largest absolute Gasteiger partial charge is 0.336 e. The summed E-state index contributed by atoms with van der Waals surface area (Å²) in [5.74, 6) is 0. The molecule has 2 amide bonds. The van der Waals surface area contributed by atoms with Crippen LogP contribution in [0, 0.1) is 0 Å². The molecule has 1 aromatic rings. The Labute approximate surface area is 132 Å². The molecular weight excluding hydrogens is 280 g/mol. The van der Waals surface area contributed by atoms with Crippen LogP contribution in [0.1, 0.15) is 53.3 Å². The molecule has 124 valence electrons. The molecule has 0 unspecified atom stereocenters. The van der Waals surface area contributed by atoms with Crippen LogP contribution in [-0.4, -0.2) is 51.1 Å². The summed E-state index contributed by atoms with van der Waals surface area (Å²) in [6.07, 6.45) is 1.98. The third kappa shape index (κ3) is 3.76. The monoisotopic (exact) mass is 308 g/mol. The highest BCUT2D eigenvalue weighted by Gasteiger charge is 2.34. The summed E-state index contributed by atoms with van der Waals surface area (Å²) in [5, 5.41) is 14.9. The minimum absolute atomic E-state index is 0.00612. The first-order valence-corrected chi connectivity index (χ1v) is 7.94. The molecule has 1 saturated heterocycles. The number of hydrogen-bond donors (Lipinski definition) is 2. The molecule has 7 heteroatoms. The molecule has 2 rings (SSSR count). The van der Waals surface area contributed by atoms with Crippen molar-refractivity contribution in [3.8, 4) is 0 Å². The molecule has 0 atom stereocenters. The van der Waals surface area contributed by atoms with Crippen molar-refractivity contribution in [3.05, 3.63) is 11.9 Å². The summed E-state index contributed by atoms with van der Waals surface area (Å²) in [7, 11) is 0. The van der Waals surface area contributed by atoms with Gasteiger partial charge < -0.3 is 15.5 Å². The Bertz CT molecular complexity index is 516. The van der Waals surface area contributed by atoms with Gasteiger partial charge in [-0.3, -0.25) is 0 Å². The van der Waals surface area contributed by atoms with E-state index in [9.17, 15) is 4.79 Å². The van der Waals surface area contributed by atoms with E-state index in [1.807, 2.05) is 24.7 Å². The molecule has 7 nitrogen and oxygen atoms in total. The maximum atomic E-state index is 11.9. The first-order chi connectivity index (χ1) is 10.2. The van der Waals surface area contributed by atoms with Crippen molar-refractivity contribution in [1.29, 1.82) is 0 Å². The molecule has 22 heavy (non-hydrogen) atoms. The van der Waals surface area contributed by atoms with Crippen molar-refractivity contribution in [2.45, 2.75) is 65.2 Å². The first-order valence-electron chi connectivity index (χ1n) is 7.94. The minimum Gasteiger partial charge on any atom is -0.336 e. The van der Waals surface area contributed by atoms with Crippen LogP contribution in [0.3, 0.4) is 0 Å². The summed E-state index contributed by atoms with van der Waals surface area (Å²) in [4.78, 5) is 13.7. The molecule has 1 fully saturated rings. The van der Waals surface area contributed by atoms with E-state index in [0.29, 0.717) is 19.1 Å². The Morgan fingerprint density at radius 2 is 1.91 bits per heavy atom. The highest BCUT2D eigenvalue weighted by Crippen LogP contribution is 2.23. The predicted octanol–water partition coefficient (Wildman–Crippen LogP) is 1.49. The Hall–Kier alpha value is -1.63. The van der Waals surface area contributed by atoms with Crippen LogP contribution in [0.25, 0.3) is 0 Å². The molecule has 0 aliphatic carbocycles. The lowest BCUT2D eigenvalue weighted by Gasteiger charge is -2.39. The Morgan fingerprint density at radius 1 is 1.27 bits per heavy atom. The number of nitrogens with zero attached hydrogens (tertiary/aromatic N) is 4. The Morgan fingerprint density at radius 3 is 2.45 bits per heavy atom. The van der Waals surface area contributed by atoms with Crippen LogP contribution in [0.2, 0.25) is 0 Å². The summed E-state index contributed by atoms with van der Waals surface area (Å²) < 4.78 is 1.87. The van der Waals surface area contributed by atoms with Gasteiger partial charge in [0.15, 0.2) is 0 Å². The van der Waals surface area contributed by atoms with E-state index in [1.165, 1.54) is 0 Å². The second-order valence-electron chi connectivity index (χ2n) is 7.17. The third-order valence-electron chi connectivity index (χ3n) is 3.74. The number of aromatic nitrogens is 3. The molecule has 2 heterocycles. The average molecular weight is 308 g/mol. The van der Waals surface area contributed by atoms with Gasteiger partial charge in [0.05, 0.1) is 17.8 Å². The second kappa shape index (κ2) is 6.24. The minimum atomic E-state index is -0.217. The van der Waals surface area contributed by atoms with Gasteiger partial charge in [-0.25, -0.2) is 9.48 Å². The molecule has 0 saturated carbocycles. The van der Waals surface area contributed by atoms with Crippen LogP contribution >= 0.6 is 0 Å². The zero-order valence-corrected chi connectivity index (χ0v) is 14.4. The highest BCUT2D eigenvalue weighted by atomic mass is 16.2. The van der Waals surface area contributed by atoms with Crippen LogP contribution in [-0.2, 0) is 5.54 Å². The smallest absolute Gasteiger partial charge is 0.317 e. The number of urea groups is 1. The quantitative estimate of drug-likeness (QED) is 0.864. The lowest BCUT2D eigenvalue weighted by atomic mass is 10.0. The molecule has 1 aliphatic heterocycles. The van der Waals surface area contributed by atoms with E-state index in [-0.39, 0.29) is 23.7 Å². The molecule has 0 radical (unpaired) electrons. The zero-order valence-electron chi connectivity index (χ0n) is 14.4. The predicted molar refractivity (Wildman–Crippen MR) is 85.6 cm³/mol. The Kier molecular flexibility index (Phi) is 4.75. The van der Waals surface area contributed by atoms with Gasteiger partial charge in [0.2, 0.25) is 0 Å². The fourth-order valence-electron chi connectivity index (χ4n) is 2.66. The number of rotatable bonds is 5. The van der Waals surface area contributed by atoms with Gasteiger partial charge in [-0.1, -0.05) is 19.1 Å². The van der Waals surface area contributed by atoms with Crippen LogP contribution in [0.15, 0.2) is 6.20 Å². The fourth-order valence-corrected chi connectivity index (χ4v) is 2.66. The molecule has 1 aromatic heterocycles. The van der Waals surface area contributed by atoms with Gasteiger partial charge in [0.25, 0.3) is 0 Å². The molecular formula is C15H28N6O. The van der Waals surface area contributed by atoms with Gasteiger partial charge in [0, 0.05) is 25.2 Å².